The van der Waals surface area contributed by atoms with E-state index in [-0.39, 0.29) is 11.7 Å². The first-order valence-electron chi connectivity index (χ1n) is 5.40. The van der Waals surface area contributed by atoms with Crippen LogP contribution in [0, 0.1) is 5.82 Å². The number of aromatic nitrogens is 2. The maximum Gasteiger partial charge on any atom is 0.220 e. The van der Waals surface area contributed by atoms with E-state index in [1.165, 1.54) is 25.3 Å². The lowest BCUT2D eigenvalue weighted by atomic mass is 10.1. The molecule has 4 nitrogen and oxygen atoms in total. The minimum Gasteiger partial charge on any atom is -0.333 e. The number of rotatable bonds is 3. The molecule has 2 N–H and O–H groups in total. The normalized spacial score (nSPS) is 10.8. The van der Waals surface area contributed by atoms with E-state index in [2.05, 4.69) is 15.5 Å². The molecule has 0 aliphatic rings. The number of benzene rings is 1. The van der Waals surface area contributed by atoms with E-state index < -0.39 is 0 Å². The van der Waals surface area contributed by atoms with Gasteiger partial charge in [0.15, 0.2) is 0 Å². The largest absolute Gasteiger partial charge is 0.333 e. The lowest BCUT2D eigenvalue weighted by Gasteiger charge is -2.00. The molecule has 0 aliphatic carbocycles. The van der Waals surface area contributed by atoms with Crippen molar-refractivity contribution in [2.24, 2.45) is 0 Å². The van der Waals surface area contributed by atoms with Crippen LogP contribution in [0.1, 0.15) is 12.5 Å². The smallest absolute Gasteiger partial charge is 0.220 e. The highest BCUT2D eigenvalue weighted by atomic mass is 19.1. The van der Waals surface area contributed by atoms with Crippen molar-refractivity contribution in [1.82, 2.24) is 15.5 Å². The van der Waals surface area contributed by atoms with E-state index in [0.29, 0.717) is 11.3 Å². The zero-order valence-electron chi connectivity index (χ0n) is 9.77. The fourth-order valence-corrected chi connectivity index (χ4v) is 1.55. The summed E-state index contributed by atoms with van der Waals surface area (Å²) in [5.41, 5.74) is 2.18. The van der Waals surface area contributed by atoms with Gasteiger partial charge in [-0.3, -0.25) is 9.89 Å². The maximum atomic E-state index is 13.1. The summed E-state index contributed by atoms with van der Waals surface area (Å²) in [6, 6.07) is 6.22. The lowest BCUT2D eigenvalue weighted by Crippen LogP contribution is -2.10. The molecular weight excluding hydrogens is 233 g/mol. The number of halogens is 1. The molecule has 0 atom stereocenters. The van der Waals surface area contributed by atoms with Crippen LogP contribution in [0.25, 0.3) is 17.3 Å². The maximum absolute atomic E-state index is 13.1. The van der Waals surface area contributed by atoms with E-state index >= 15 is 0 Å². The van der Waals surface area contributed by atoms with Gasteiger partial charge in [0.1, 0.15) is 5.82 Å². The zero-order valence-corrected chi connectivity index (χ0v) is 9.77. The average molecular weight is 245 g/mol. The molecule has 0 unspecified atom stereocenters. The molecule has 0 fully saturated rings. The number of carbonyl (C=O) groups is 1. The number of hydrogen-bond donors (Lipinski definition) is 2. The number of H-pyrrole nitrogens is 1. The van der Waals surface area contributed by atoms with Crippen molar-refractivity contribution in [2.45, 2.75) is 6.92 Å². The third kappa shape index (κ3) is 2.82. The first kappa shape index (κ1) is 12.0. The summed E-state index contributed by atoms with van der Waals surface area (Å²) >= 11 is 0. The monoisotopic (exact) mass is 245 g/mol. The van der Waals surface area contributed by atoms with Crippen molar-refractivity contribution < 1.29 is 9.18 Å². The van der Waals surface area contributed by atoms with Crippen LogP contribution in [-0.4, -0.2) is 16.1 Å². The summed E-state index contributed by atoms with van der Waals surface area (Å²) in [4.78, 5) is 10.7. The molecule has 1 aromatic heterocycles. The van der Waals surface area contributed by atoms with E-state index in [1.54, 1.807) is 24.4 Å². The van der Waals surface area contributed by atoms with Crippen molar-refractivity contribution in [2.75, 3.05) is 0 Å². The van der Waals surface area contributed by atoms with Gasteiger partial charge in [0, 0.05) is 24.3 Å². The van der Waals surface area contributed by atoms with Gasteiger partial charge >= 0.3 is 0 Å². The van der Waals surface area contributed by atoms with Crippen LogP contribution in [0.3, 0.4) is 0 Å². The van der Waals surface area contributed by atoms with Gasteiger partial charge in [0.25, 0.3) is 0 Å². The van der Waals surface area contributed by atoms with Crippen molar-refractivity contribution in [3.8, 4) is 11.3 Å². The van der Waals surface area contributed by atoms with Crippen LogP contribution in [-0.2, 0) is 4.79 Å². The second kappa shape index (κ2) is 5.27. The molecule has 0 bridgehead atoms. The molecule has 92 valence electrons. The van der Waals surface area contributed by atoms with Crippen LogP contribution in [0.4, 0.5) is 4.39 Å². The second-order valence-electron chi connectivity index (χ2n) is 3.74. The summed E-state index contributed by atoms with van der Waals surface area (Å²) in [6.07, 6.45) is 4.83. The van der Waals surface area contributed by atoms with Crippen LogP contribution in [0.2, 0.25) is 0 Å². The molecule has 0 spiro atoms. The summed E-state index contributed by atoms with van der Waals surface area (Å²) in [5, 5.41) is 9.26. The molecule has 0 saturated heterocycles. The molecule has 0 aliphatic heterocycles. The van der Waals surface area contributed by atoms with Crippen LogP contribution < -0.4 is 5.32 Å². The Labute approximate surface area is 104 Å². The lowest BCUT2D eigenvalue weighted by molar-refractivity contribution is -0.118. The van der Waals surface area contributed by atoms with Gasteiger partial charge in [0.05, 0.1) is 11.9 Å². The SMILES string of the molecule is CC(=O)N/C=C/c1cn[nH]c1-c1cccc(F)c1. The predicted octanol–water partition coefficient (Wildman–Crippen LogP) is 2.32. The Bertz CT molecular complexity index is 589. The molecule has 0 saturated carbocycles. The molecule has 1 heterocycles. The molecule has 2 rings (SSSR count). The third-order valence-corrected chi connectivity index (χ3v) is 2.33. The minimum atomic E-state index is -0.307. The molecule has 0 radical (unpaired) electrons. The van der Waals surface area contributed by atoms with Crippen LogP contribution in [0.15, 0.2) is 36.7 Å². The highest BCUT2D eigenvalue weighted by molar-refractivity contribution is 5.76. The second-order valence-corrected chi connectivity index (χ2v) is 3.74. The number of carbonyl (C=O) groups excluding carboxylic acids is 1. The molecule has 2 aromatic rings. The number of hydrogen-bond acceptors (Lipinski definition) is 2. The topological polar surface area (TPSA) is 57.8 Å². The van der Waals surface area contributed by atoms with E-state index in [1.807, 2.05) is 0 Å². The Morgan fingerprint density at radius 2 is 2.33 bits per heavy atom. The number of nitrogens with one attached hydrogen (secondary N) is 2. The molecule has 5 heteroatoms. The zero-order chi connectivity index (χ0) is 13.0. The summed E-state index contributed by atoms with van der Waals surface area (Å²) in [5.74, 6) is -0.457. The van der Waals surface area contributed by atoms with E-state index in [4.69, 9.17) is 0 Å². The highest BCUT2D eigenvalue weighted by Crippen LogP contribution is 2.22. The van der Waals surface area contributed by atoms with Crippen molar-refractivity contribution >= 4 is 12.0 Å². The van der Waals surface area contributed by atoms with Crippen LogP contribution in [0.5, 0.6) is 0 Å². The Kier molecular flexibility index (Phi) is 3.52. The number of aromatic amines is 1. The molecule has 18 heavy (non-hydrogen) atoms. The first-order valence-corrected chi connectivity index (χ1v) is 5.40. The molecule has 1 aromatic carbocycles. The van der Waals surface area contributed by atoms with Gasteiger partial charge < -0.3 is 5.32 Å². The number of amides is 1. The fraction of sp³-hybridized carbons (Fsp3) is 0.0769. The Hall–Kier alpha value is -2.43. The van der Waals surface area contributed by atoms with Crippen molar-refractivity contribution in [3.63, 3.8) is 0 Å². The average Bonchev–Trinajstić information content (AvgIpc) is 2.77. The predicted molar refractivity (Wildman–Crippen MR) is 66.8 cm³/mol. The minimum absolute atomic E-state index is 0.151. The van der Waals surface area contributed by atoms with Crippen molar-refractivity contribution in [3.05, 3.63) is 48.0 Å². The standard InChI is InChI=1S/C13H12FN3O/c1-9(18)15-6-5-11-8-16-17-13(11)10-3-2-4-12(14)7-10/h2-8H,1H3,(H,15,18)(H,16,17)/b6-5+. The fourth-order valence-electron chi connectivity index (χ4n) is 1.55. The Morgan fingerprint density at radius 1 is 1.50 bits per heavy atom. The summed E-state index contributed by atoms with van der Waals surface area (Å²) in [6.45, 7) is 1.42. The van der Waals surface area contributed by atoms with Gasteiger partial charge in [0.2, 0.25) is 5.91 Å². The summed E-state index contributed by atoms with van der Waals surface area (Å²) < 4.78 is 13.1. The van der Waals surface area contributed by atoms with Gasteiger partial charge in [-0.15, -0.1) is 0 Å². The van der Waals surface area contributed by atoms with Crippen molar-refractivity contribution in [1.29, 1.82) is 0 Å². The molecular formula is C13H12FN3O. The number of nitrogens with zero attached hydrogens (tertiary/aromatic N) is 1. The van der Waals surface area contributed by atoms with Gasteiger partial charge in [-0.25, -0.2) is 4.39 Å². The van der Waals surface area contributed by atoms with E-state index in [9.17, 15) is 9.18 Å². The quantitative estimate of drug-likeness (QED) is 0.871. The Balaban J connectivity index is 2.27. The molecule has 1 amide bonds. The van der Waals surface area contributed by atoms with Gasteiger partial charge in [-0.1, -0.05) is 12.1 Å². The Morgan fingerprint density at radius 3 is 3.06 bits per heavy atom. The third-order valence-electron chi connectivity index (χ3n) is 2.33. The summed E-state index contributed by atoms with van der Waals surface area (Å²) in [7, 11) is 0. The first-order chi connectivity index (χ1) is 8.66. The van der Waals surface area contributed by atoms with Crippen LogP contribution >= 0.6 is 0 Å². The van der Waals surface area contributed by atoms with E-state index in [0.717, 1.165) is 5.56 Å². The van der Waals surface area contributed by atoms with Gasteiger partial charge in [-0.05, 0) is 18.2 Å². The highest BCUT2D eigenvalue weighted by Gasteiger charge is 2.05. The van der Waals surface area contributed by atoms with Gasteiger partial charge in [-0.2, -0.15) is 5.10 Å².